The standard InChI is InChI=1S/C26H26N4O5/c1-12(14-7-8-14)15-9-10-16-19(11-15)35-26(34)17-5-4-6-18(27)20(17)22(31)25(16,26)29-23(32)21-13(2)30(3)24(33)28-21/h4-6,9-12,14,34H,7-8,27H2,1-3H3,(H,28,33)(H,29,32)/t12-,25?,26?/m1/s1. The van der Waals surface area contributed by atoms with Gasteiger partial charge in [0.25, 0.3) is 11.7 Å². The Morgan fingerprint density at radius 1 is 1.26 bits per heavy atom. The van der Waals surface area contributed by atoms with Crippen molar-refractivity contribution in [2.24, 2.45) is 13.0 Å². The molecule has 2 heterocycles. The van der Waals surface area contributed by atoms with E-state index in [4.69, 9.17) is 10.5 Å². The third kappa shape index (κ3) is 2.64. The van der Waals surface area contributed by atoms with Crippen LogP contribution in [-0.2, 0) is 18.4 Å². The number of hydrogen-bond donors (Lipinski definition) is 4. The number of aliphatic hydroxyl groups is 1. The number of nitrogens with one attached hydrogen (secondary N) is 2. The zero-order valence-corrected chi connectivity index (χ0v) is 19.6. The zero-order valence-electron chi connectivity index (χ0n) is 19.6. The van der Waals surface area contributed by atoms with Gasteiger partial charge in [0.1, 0.15) is 11.4 Å². The minimum atomic E-state index is -2.21. The monoisotopic (exact) mass is 474 g/mol. The molecule has 5 N–H and O–H groups in total. The molecule has 0 bridgehead atoms. The van der Waals surface area contributed by atoms with E-state index in [0.29, 0.717) is 28.8 Å². The summed E-state index contributed by atoms with van der Waals surface area (Å²) in [6, 6.07) is 10.3. The second kappa shape index (κ2) is 6.85. The van der Waals surface area contributed by atoms with Crippen LogP contribution < -0.4 is 21.5 Å². The Morgan fingerprint density at radius 3 is 2.66 bits per heavy atom. The highest BCUT2D eigenvalue weighted by atomic mass is 16.6. The van der Waals surface area contributed by atoms with Crippen LogP contribution in [0.25, 0.3) is 0 Å². The third-order valence-corrected chi connectivity index (χ3v) is 7.99. The normalized spacial score (nSPS) is 25.0. The molecule has 1 saturated carbocycles. The highest BCUT2D eigenvalue weighted by molar-refractivity contribution is 6.16. The lowest BCUT2D eigenvalue weighted by Gasteiger charge is -2.34. The van der Waals surface area contributed by atoms with Crippen molar-refractivity contribution in [2.75, 3.05) is 5.73 Å². The van der Waals surface area contributed by atoms with Crippen LogP contribution in [-0.4, -0.2) is 26.3 Å². The molecule has 9 heteroatoms. The molecule has 3 aromatic rings. The predicted octanol–water partition coefficient (Wildman–Crippen LogP) is 2.18. The predicted molar refractivity (Wildman–Crippen MR) is 127 cm³/mol. The van der Waals surface area contributed by atoms with Crippen molar-refractivity contribution in [3.05, 3.63) is 80.5 Å². The van der Waals surface area contributed by atoms with Gasteiger partial charge >= 0.3 is 5.69 Å². The van der Waals surface area contributed by atoms with Crippen molar-refractivity contribution in [3.63, 3.8) is 0 Å². The first-order valence-electron chi connectivity index (χ1n) is 11.7. The number of fused-ring (bicyclic) bond motifs is 5. The summed E-state index contributed by atoms with van der Waals surface area (Å²) in [4.78, 5) is 42.2. The fraction of sp³-hybridized carbons (Fsp3) is 0.346. The fourth-order valence-corrected chi connectivity index (χ4v) is 5.59. The van der Waals surface area contributed by atoms with E-state index in [1.807, 2.05) is 12.1 Å². The van der Waals surface area contributed by atoms with Gasteiger partial charge in [-0.15, -0.1) is 0 Å². The molecule has 1 aliphatic heterocycles. The average molecular weight is 475 g/mol. The summed E-state index contributed by atoms with van der Waals surface area (Å²) in [7, 11) is 1.54. The summed E-state index contributed by atoms with van der Waals surface area (Å²) < 4.78 is 7.45. The summed E-state index contributed by atoms with van der Waals surface area (Å²) in [5.74, 6) is -2.26. The number of anilines is 1. The van der Waals surface area contributed by atoms with E-state index in [-0.39, 0.29) is 22.5 Å². The summed E-state index contributed by atoms with van der Waals surface area (Å²) in [5.41, 5.74) is 5.95. The Balaban J connectivity index is 1.54. The molecule has 1 fully saturated rings. The largest absolute Gasteiger partial charge is 0.454 e. The van der Waals surface area contributed by atoms with Crippen molar-refractivity contribution in [3.8, 4) is 5.75 Å². The number of carbonyl (C=O) groups is 2. The van der Waals surface area contributed by atoms with Gasteiger partial charge in [-0.25, -0.2) is 4.79 Å². The number of amides is 1. The topological polar surface area (TPSA) is 139 Å². The first-order valence-corrected chi connectivity index (χ1v) is 11.7. The van der Waals surface area contributed by atoms with E-state index in [0.717, 1.165) is 5.56 Å². The summed E-state index contributed by atoms with van der Waals surface area (Å²) in [6.07, 6.45) is 2.34. The maximum Gasteiger partial charge on any atom is 0.326 e. The quantitative estimate of drug-likeness (QED) is 0.428. The molecule has 0 radical (unpaired) electrons. The van der Waals surface area contributed by atoms with E-state index in [1.54, 1.807) is 31.2 Å². The molecule has 2 aromatic carbocycles. The number of H-pyrrole nitrogens is 1. The van der Waals surface area contributed by atoms with Crippen molar-refractivity contribution in [2.45, 2.75) is 43.9 Å². The molecule has 1 aromatic heterocycles. The van der Waals surface area contributed by atoms with Crippen LogP contribution in [0.15, 0.2) is 41.2 Å². The molecule has 0 saturated heterocycles. The van der Waals surface area contributed by atoms with Crippen LogP contribution in [0, 0.1) is 12.8 Å². The molecule has 9 nitrogen and oxygen atoms in total. The van der Waals surface area contributed by atoms with Gasteiger partial charge in [-0.3, -0.25) is 14.2 Å². The molecule has 2 aliphatic carbocycles. The highest BCUT2D eigenvalue weighted by Crippen LogP contribution is 2.59. The van der Waals surface area contributed by atoms with Gasteiger partial charge in [0, 0.05) is 29.6 Å². The van der Waals surface area contributed by atoms with Gasteiger partial charge in [0.15, 0.2) is 0 Å². The Hall–Kier alpha value is -3.85. The molecule has 180 valence electrons. The molecule has 1 amide bonds. The minimum Gasteiger partial charge on any atom is -0.454 e. The van der Waals surface area contributed by atoms with Crippen molar-refractivity contribution in [1.82, 2.24) is 14.9 Å². The first-order chi connectivity index (χ1) is 16.6. The van der Waals surface area contributed by atoms with E-state index in [2.05, 4.69) is 17.2 Å². The lowest BCUT2D eigenvalue weighted by atomic mass is 9.81. The molecule has 0 spiro atoms. The molecule has 3 atom stereocenters. The number of imidazole rings is 1. The number of nitrogens with two attached hydrogens (primary N) is 1. The van der Waals surface area contributed by atoms with Gasteiger partial charge in [-0.05, 0) is 49.3 Å². The van der Waals surface area contributed by atoms with Crippen LogP contribution >= 0.6 is 0 Å². The number of benzene rings is 2. The van der Waals surface area contributed by atoms with E-state index in [1.165, 1.54) is 24.5 Å². The number of rotatable bonds is 4. The number of hydrogen-bond acceptors (Lipinski definition) is 6. The van der Waals surface area contributed by atoms with Gasteiger partial charge in [0.05, 0.1) is 5.56 Å². The number of nitrogens with zero attached hydrogens (tertiary/aromatic N) is 1. The number of aromatic nitrogens is 2. The maximum atomic E-state index is 14.0. The minimum absolute atomic E-state index is 0.00150. The van der Waals surface area contributed by atoms with Crippen LogP contribution in [0.5, 0.6) is 5.75 Å². The van der Waals surface area contributed by atoms with Crippen LogP contribution in [0.3, 0.4) is 0 Å². The molecule has 3 aliphatic rings. The zero-order chi connectivity index (χ0) is 24.9. The van der Waals surface area contributed by atoms with Gasteiger partial charge in [-0.2, -0.15) is 0 Å². The van der Waals surface area contributed by atoms with Crippen LogP contribution in [0.1, 0.15) is 68.9 Å². The number of Topliss-reactive ketones (excluding diaryl/α,β-unsaturated/α-hetero) is 1. The average Bonchev–Trinajstić information content (AvgIpc) is 3.57. The number of nitrogen functional groups attached to an aromatic ring is 1. The third-order valence-electron chi connectivity index (χ3n) is 7.99. The lowest BCUT2D eigenvalue weighted by Crippen LogP contribution is -2.60. The van der Waals surface area contributed by atoms with Crippen LogP contribution in [0.4, 0.5) is 5.69 Å². The maximum absolute atomic E-state index is 14.0. The van der Waals surface area contributed by atoms with Crippen molar-refractivity contribution in [1.29, 1.82) is 0 Å². The SMILES string of the molecule is Cc1c(C(=O)NC23C(=O)c4c(N)cccc4C2(O)Oc2cc([C@H](C)C4CC4)ccc23)[nH]c(=O)n1C. The Labute approximate surface area is 200 Å². The van der Waals surface area contributed by atoms with E-state index >= 15 is 0 Å². The number of carbonyl (C=O) groups excluding carboxylic acids is 2. The smallest absolute Gasteiger partial charge is 0.326 e. The number of ketones is 1. The second-order valence-corrected chi connectivity index (χ2v) is 9.88. The Morgan fingerprint density at radius 2 is 2.00 bits per heavy atom. The van der Waals surface area contributed by atoms with Gasteiger partial charge in [0.2, 0.25) is 11.3 Å². The van der Waals surface area contributed by atoms with Gasteiger partial charge in [-0.1, -0.05) is 31.2 Å². The molecular weight excluding hydrogens is 448 g/mol. The van der Waals surface area contributed by atoms with E-state index < -0.39 is 28.7 Å². The highest BCUT2D eigenvalue weighted by Gasteiger charge is 2.72. The number of aromatic amines is 1. The summed E-state index contributed by atoms with van der Waals surface area (Å²) in [6.45, 7) is 3.77. The van der Waals surface area contributed by atoms with Crippen LogP contribution in [0.2, 0.25) is 0 Å². The molecular formula is C26H26N4O5. The fourth-order valence-electron chi connectivity index (χ4n) is 5.59. The Kier molecular flexibility index (Phi) is 4.24. The molecule has 2 unspecified atom stereocenters. The van der Waals surface area contributed by atoms with Gasteiger partial charge < -0.3 is 25.9 Å². The molecule has 6 rings (SSSR count). The van der Waals surface area contributed by atoms with Crippen molar-refractivity contribution >= 4 is 17.4 Å². The first kappa shape index (κ1) is 21.7. The summed E-state index contributed by atoms with van der Waals surface area (Å²) >= 11 is 0. The number of ether oxygens (including phenoxy) is 1. The van der Waals surface area contributed by atoms with E-state index in [9.17, 15) is 19.5 Å². The Bertz CT molecular complexity index is 1500. The van der Waals surface area contributed by atoms with Crippen molar-refractivity contribution < 1.29 is 19.4 Å². The second-order valence-electron chi connectivity index (χ2n) is 9.88. The molecule has 35 heavy (non-hydrogen) atoms. The summed E-state index contributed by atoms with van der Waals surface area (Å²) in [5, 5.41) is 14.8. The lowest BCUT2D eigenvalue weighted by molar-refractivity contribution is -0.169.